The van der Waals surface area contributed by atoms with Crippen molar-refractivity contribution in [1.29, 1.82) is 0 Å². The second kappa shape index (κ2) is 11.9. The third-order valence-corrected chi connectivity index (χ3v) is 6.27. The number of rotatable bonds is 11. The van der Waals surface area contributed by atoms with E-state index in [4.69, 9.17) is 9.47 Å². The maximum Gasteiger partial charge on any atom is 0.295 e. The minimum absolute atomic E-state index is 0.0108. The van der Waals surface area contributed by atoms with Crippen LogP contribution in [-0.4, -0.2) is 72.6 Å². The number of methoxy groups -OCH3 is 1. The van der Waals surface area contributed by atoms with Gasteiger partial charge in [-0.25, -0.2) is 0 Å². The first-order chi connectivity index (χ1) is 17.2. The van der Waals surface area contributed by atoms with E-state index in [1.807, 2.05) is 25.9 Å². The molecule has 0 radical (unpaired) electrons. The van der Waals surface area contributed by atoms with Crippen molar-refractivity contribution < 1.29 is 29.3 Å². The maximum absolute atomic E-state index is 13.2. The summed E-state index contributed by atoms with van der Waals surface area (Å²) in [5.74, 6) is -0.775. The Morgan fingerprint density at radius 2 is 1.83 bits per heavy atom. The van der Waals surface area contributed by atoms with Crippen LogP contribution in [0.3, 0.4) is 0 Å². The van der Waals surface area contributed by atoms with Gasteiger partial charge in [-0.1, -0.05) is 19.4 Å². The molecule has 1 aliphatic heterocycles. The van der Waals surface area contributed by atoms with Crippen LogP contribution in [0.25, 0.3) is 5.76 Å². The molecule has 0 spiro atoms. The molecule has 1 aliphatic rings. The Bertz CT molecular complexity index is 1140. The van der Waals surface area contributed by atoms with Crippen molar-refractivity contribution in [2.24, 2.45) is 0 Å². The lowest BCUT2D eigenvalue weighted by molar-refractivity contribution is -0.139. The molecular weight excluding hydrogens is 460 g/mol. The minimum atomic E-state index is -0.817. The molecule has 0 aliphatic carbocycles. The Morgan fingerprint density at radius 3 is 2.47 bits per heavy atom. The SMILES string of the molecule is CCCCOc1ccc(/C(O)=C2\C(=O)C(=O)N(CCCN(C)C)[C@H]2c2ccc(O)c(OC)c2)cc1C. The van der Waals surface area contributed by atoms with Crippen molar-refractivity contribution in [3.05, 3.63) is 58.7 Å². The summed E-state index contributed by atoms with van der Waals surface area (Å²) in [6, 6.07) is 9.08. The zero-order valence-corrected chi connectivity index (χ0v) is 21.7. The molecule has 0 bridgehead atoms. The number of aliphatic hydroxyl groups is 1. The lowest BCUT2D eigenvalue weighted by atomic mass is 9.94. The highest BCUT2D eigenvalue weighted by molar-refractivity contribution is 6.46. The van der Waals surface area contributed by atoms with E-state index in [-0.39, 0.29) is 22.8 Å². The Labute approximate surface area is 212 Å². The number of nitrogens with zero attached hydrogens (tertiary/aromatic N) is 2. The number of aromatic hydroxyl groups is 1. The molecule has 1 atom stereocenters. The van der Waals surface area contributed by atoms with Crippen molar-refractivity contribution in [1.82, 2.24) is 9.80 Å². The highest BCUT2D eigenvalue weighted by Gasteiger charge is 2.46. The largest absolute Gasteiger partial charge is 0.507 e. The summed E-state index contributed by atoms with van der Waals surface area (Å²) in [5, 5.41) is 21.4. The number of ether oxygens (including phenoxy) is 2. The zero-order valence-electron chi connectivity index (χ0n) is 21.7. The summed E-state index contributed by atoms with van der Waals surface area (Å²) in [6.45, 7) is 5.63. The van der Waals surface area contributed by atoms with Crippen LogP contribution in [0.15, 0.2) is 42.0 Å². The van der Waals surface area contributed by atoms with Gasteiger partial charge in [0.25, 0.3) is 11.7 Å². The monoisotopic (exact) mass is 496 g/mol. The number of Topliss-reactive ketones (excluding diaryl/α,β-unsaturated/α-hetero) is 1. The molecule has 8 heteroatoms. The molecule has 0 aromatic heterocycles. The molecule has 2 N–H and O–H groups in total. The predicted octanol–water partition coefficient (Wildman–Crippen LogP) is 4.26. The second-order valence-electron chi connectivity index (χ2n) is 9.26. The number of likely N-dealkylation sites (tertiary alicyclic amines) is 1. The van der Waals surface area contributed by atoms with Crippen LogP contribution in [0.4, 0.5) is 0 Å². The fraction of sp³-hybridized carbons (Fsp3) is 0.429. The third-order valence-electron chi connectivity index (χ3n) is 6.27. The van der Waals surface area contributed by atoms with Crippen molar-refractivity contribution in [2.45, 2.75) is 39.2 Å². The van der Waals surface area contributed by atoms with Crippen LogP contribution in [0.5, 0.6) is 17.2 Å². The number of phenolic OH excluding ortho intramolecular Hbond substituents is 1. The van der Waals surface area contributed by atoms with Crippen LogP contribution in [0, 0.1) is 6.92 Å². The molecule has 2 aromatic rings. The molecule has 0 unspecified atom stereocenters. The topological polar surface area (TPSA) is 99.5 Å². The van der Waals surface area contributed by atoms with Crippen LogP contribution in [0.2, 0.25) is 0 Å². The molecule has 36 heavy (non-hydrogen) atoms. The number of ketones is 1. The number of benzene rings is 2. The first-order valence-electron chi connectivity index (χ1n) is 12.2. The molecule has 2 aromatic carbocycles. The Morgan fingerprint density at radius 1 is 1.08 bits per heavy atom. The van der Waals surface area contributed by atoms with Gasteiger partial charge in [0, 0.05) is 12.1 Å². The molecule has 1 heterocycles. The second-order valence-corrected chi connectivity index (χ2v) is 9.26. The first kappa shape index (κ1) is 27.1. The number of hydrogen-bond donors (Lipinski definition) is 2. The summed E-state index contributed by atoms with van der Waals surface area (Å²) in [6.07, 6.45) is 2.61. The summed E-state index contributed by atoms with van der Waals surface area (Å²) in [4.78, 5) is 29.8. The van der Waals surface area contributed by atoms with Crippen molar-refractivity contribution >= 4 is 17.4 Å². The molecular formula is C28H36N2O6. The van der Waals surface area contributed by atoms with E-state index >= 15 is 0 Å². The van der Waals surface area contributed by atoms with Crippen LogP contribution >= 0.6 is 0 Å². The fourth-order valence-corrected chi connectivity index (χ4v) is 4.32. The fourth-order valence-electron chi connectivity index (χ4n) is 4.32. The van der Waals surface area contributed by atoms with Crippen molar-refractivity contribution in [2.75, 3.05) is 40.9 Å². The van der Waals surface area contributed by atoms with E-state index in [0.717, 1.165) is 24.9 Å². The van der Waals surface area contributed by atoms with Crippen LogP contribution in [0.1, 0.15) is 48.9 Å². The van der Waals surface area contributed by atoms with Gasteiger partial charge in [-0.3, -0.25) is 9.59 Å². The number of unbranched alkanes of at least 4 members (excludes halogenated alkanes) is 1. The van der Waals surface area contributed by atoms with Gasteiger partial charge in [0.05, 0.1) is 25.3 Å². The van der Waals surface area contributed by atoms with Gasteiger partial charge in [-0.2, -0.15) is 0 Å². The average molecular weight is 497 g/mol. The molecule has 194 valence electrons. The third kappa shape index (κ3) is 5.82. The number of aryl methyl sites for hydroxylation is 1. The van der Waals surface area contributed by atoms with E-state index in [0.29, 0.717) is 36.4 Å². The number of aliphatic hydroxyl groups excluding tert-OH is 1. The quantitative estimate of drug-likeness (QED) is 0.208. The van der Waals surface area contributed by atoms with Crippen molar-refractivity contribution in [3.8, 4) is 17.2 Å². The Balaban J connectivity index is 2.07. The Hall–Kier alpha value is -3.52. The summed E-state index contributed by atoms with van der Waals surface area (Å²) < 4.78 is 11.1. The highest BCUT2D eigenvalue weighted by atomic mass is 16.5. The number of carbonyl (C=O) groups excluding carboxylic acids is 2. The van der Waals surface area contributed by atoms with Gasteiger partial charge in [0.1, 0.15) is 11.5 Å². The molecule has 1 saturated heterocycles. The van der Waals surface area contributed by atoms with Crippen LogP contribution < -0.4 is 9.47 Å². The molecule has 1 fully saturated rings. The molecule has 3 rings (SSSR count). The first-order valence-corrected chi connectivity index (χ1v) is 12.2. The highest BCUT2D eigenvalue weighted by Crippen LogP contribution is 2.42. The number of hydrogen-bond acceptors (Lipinski definition) is 7. The summed E-state index contributed by atoms with van der Waals surface area (Å²) >= 11 is 0. The molecule has 8 nitrogen and oxygen atoms in total. The maximum atomic E-state index is 13.2. The van der Waals surface area contributed by atoms with Gasteiger partial charge in [0.2, 0.25) is 0 Å². The van der Waals surface area contributed by atoms with E-state index in [1.54, 1.807) is 30.3 Å². The molecule has 0 saturated carbocycles. The zero-order chi connectivity index (χ0) is 26.4. The van der Waals surface area contributed by atoms with E-state index in [2.05, 4.69) is 6.92 Å². The van der Waals surface area contributed by atoms with E-state index in [1.165, 1.54) is 18.1 Å². The lowest BCUT2D eigenvalue weighted by Gasteiger charge is -2.26. The smallest absolute Gasteiger partial charge is 0.295 e. The minimum Gasteiger partial charge on any atom is -0.507 e. The average Bonchev–Trinajstić information content (AvgIpc) is 3.10. The van der Waals surface area contributed by atoms with E-state index < -0.39 is 17.7 Å². The summed E-state index contributed by atoms with van der Waals surface area (Å²) in [5.41, 5.74) is 1.82. The van der Waals surface area contributed by atoms with Gasteiger partial charge >= 0.3 is 0 Å². The predicted molar refractivity (Wildman–Crippen MR) is 138 cm³/mol. The van der Waals surface area contributed by atoms with Gasteiger partial charge in [0.15, 0.2) is 11.5 Å². The van der Waals surface area contributed by atoms with Crippen molar-refractivity contribution in [3.63, 3.8) is 0 Å². The van der Waals surface area contributed by atoms with Gasteiger partial charge in [-0.15, -0.1) is 0 Å². The summed E-state index contributed by atoms with van der Waals surface area (Å²) in [7, 11) is 5.31. The van der Waals surface area contributed by atoms with E-state index in [9.17, 15) is 19.8 Å². The number of amides is 1. The van der Waals surface area contributed by atoms with Crippen LogP contribution in [-0.2, 0) is 9.59 Å². The lowest BCUT2D eigenvalue weighted by Crippen LogP contribution is -2.32. The molecule has 1 amide bonds. The number of carbonyl (C=O) groups is 2. The van der Waals surface area contributed by atoms with Gasteiger partial charge < -0.3 is 29.5 Å². The Kier molecular flexibility index (Phi) is 8.98. The number of phenols is 1. The normalized spacial score (nSPS) is 17.2. The van der Waals surface area contributed by atoms with Gasteiger partial charge in [-0.05, 0) is 81.9 Å². The standard InChI is InChI=1S/C28H36N2O6/c1-6-7-15-36-22-12-10-20(16-18(22)2)26(32)24-25(19-9-11-21(31)23(17-19)35-5)30(28(34)27(24)33)14-8-13-29(3)4/h9-12,16-17,25,31-32H,6-8,13-15H2,1-5H3/b26-24+/t25-/m0/s1.